The number of halogens is 1. The maximum Gasteiger partial charge on any atom is 0.222 e. The zero-order valence-corrected chi connectivity index (χ0v) is 11.8. The molecule has 3 rings (SSSR count). The monoisotopic (exact) mass is 282 g/mol. The third-order valence-electron chi connectivity index (χ3n) is 3.45. The Labute approximate surface area is 121 Å². The van der Waals surface area contributed by atoms with Gasteiger partial charge in [-0.3, -0.25) is 0 Å². The molecule has 21 heavy (non-hydrogen) atoms. The second-order valence-corrected chi connectivity index (χ2v) is 4.87. The fourth-order valence-electron chi connectivity index (χ4n) is 2.46. The van der Waals surface area contributed by atoms with E-state index in [-0.39, 0.29) is 11.8 Å². The summed E-state index contributed by atoms with van der Waals surface area (Å²) in [7, 11) is 1.79. The second-order valence-electron chi connectivity index (χ2n) is 4.87. The molecule has 0 aliphatic rings. The smallest absolute Gasteiger partial charge is 0.222 e. The van der Waals surface area contributed by atoms with Crippen LogP contribution in [0.4, 0.5) is 16.2 Å². The number of nitrogens with zero attached hydrogens (tertiary/aromatic N) is 2. The standard InChI is InChI=1S/C16H15FN4/c1-9-7-11(17)4-6-12(9)10-3-5-13-14(8-10)20-16(18)21-15(13)19-2/h3-8H,1-2H3,(H3,18,19,20,21). The first kappa shape index (κ1) is 13.3. The molecule has 106 valence electrons. The van der Waals surface area contributed by atoms with Crippen LogP contribution in [0.2, 0.25) is 0 Å². The minimum Gasteiger partial charge on any atom is -0.372 e. The van der Waals surface area contributed by atoms with Gasteiger partial charge in [0.05, 0.1) is 5.52 Å². The molecule has 0 saturated heterocycles. The maximum absolute atomic E-state index is 13.2. The number of benzene rings is 2. The number of hydrogen-bond acceptors (Lipinski definition) is 4. The molecule has 0 aliphatic carbocycles. The van der Waals surface area contributed by atoms with Crippen molar-refractivity contribution in [3.63, 3.8) is 0 Å². The number of aromatic nitrogens is 2. The van der Waals surface area contributed by atoms with Gasteiger partial charge in [0.15, 0.2) is 0 Å². The number of anilines is 2. The van der Waals surface area contributed by atoms with Crippen LogP contribution in [0.25, 0.3) is 22.0 Å². The summed E-state index contributed by atoms with van der Waals surface area (Å²) < 4.78 is 13.2. The van der Waals surface area contributed by atoms with Gasteiger partial charge in [0.25, 0.3) is 0 Å². The normalized spacial score (nSPS) is 10.8. The minimum atomic E-state index is -0.235. The van der Waals surface area contributed by atoms with Crippen LogP contribution in [-0.2, 0) is 0 Å². The zero-order chi connectivity index (χ0) is 15.0. The van der Waals surface area contributed by atoms with Gasteiger partial charge in [-0.25, -0.2) is 9.37 Å². The summed E-state index contributed by atoms with van der Waals surface area (Å²) in [6.07, 6.45) is 0. The number of fused-ring (bicyclic) bond motifs is 1. The van der Waals surface area contributed by atoms with Crippen molar-refractivity contribution < 1.29 is 4.39 Å². The Hall–Kier alpha value is -2.69. The van der Waals surface area contributed by atoms with Crippen molar-refractivity contribution in [2.75, 3.05) is 18.1 Å². The van der Waals surface area contributed by atoms with Crippen molar-refractivity contribution in [1.82, 2.24) is 9.97 Å². The summed E-state index contributed by atoms with van der Waals surface area (Å²) >= 11 is 0. The van der Waals surface area contributed by atoms with E-state index in [0.717, 1.165) is 27.6 Å². The molecule has 3 N–H and O–H groups in total. The van der Waals surface area contributed by atoms with Gasteiger partial charge in [0.2, 0.25) is 5.95 Å². The highest BCUT2D eigenvalue weighted by Gasteiger charge is 2.08. The van der Waals surface area contributed by atoms with Crippen LogP contribution in [0, 0.1) is 12.7 Å². The van der Waals surface area contributed by atoms with Crippen LogP contribution in [0.5, 0.6) is 0 Å². The van der Waals surface area contributed by atoms with Gasteiger partial charge in [-0.05, 0) is 47.9 Å². The summed E-state index contributed by atoms with van der Waals surface area (Å²) in [5.74, 6) is 0.681. The highest BCUT2D eigenvalue weighted by atomic mass is 19.1. The molecular weight excluding hydrogens is 267 g/mol. The molecular formula is C16H15FN4. The Morgan fingerprint density at radius 1 is 1.10 bits per heavy atom. The van der Waals surface area contributed by atoms with Crippen LogP contribution in [-0.4, -0.2) is 17.0 Å². The molecule has 0 saturated carbocycles. The zero-order valence-electron chi connectivity index (χ0n) is 11.8. The molecule has 0 unspecified atom stereocenters. The third-order valence-corrected chi connectivity index (χ3v) is 3.45. The molecule has 0 aliphatic heterocycles. The maximum atomic E-state index is 13.2. The summed E-state index contributed by atoms with van der Waals surface area (Å²) in [4.78, 5) is 8.43. The summed E-state index contributed by atoms with van der Waals surface area (Å²) in [6.45, 7) is 1.88. The van der Waals surface area contributed by atoms with Crippen molar-refractivity contribution >= 4 is 22.7 Å². The predicted molar refractivity (Wildman–Crippen MR) is 83.6 cm³/mol. The van der Waals surface area contributed by atoms with Gasteiger partial charge in [0, 0.05) is 12.4 Å². The number of rotatable bonds is 2. The molecule has 0 bridgehead atoms. The first-order chi connectivity index (χ1) is 10.1. The number of aryl methyl sites for hydroxylation is 1. The van der Waals surface area contributed by atoms with E-state index in [1.54, 1.807) is 13.1 Å². The van der Waals surface area contributed by atoms with E-state index in [1.165, 1.54) is 12.1 Å². The van der Waals surface area contributed by atoms with Gasteiger partial charge in [-0.15, -0.1) is 0 Å². The molecule has 0 radical (unpaired) electrons. The van der Waals surface area contributed by atoms with Gasteiger partial charge in [-0.1, -0.05) is 12.1 Å². The van der Waals surface area contributed by atoms with Crippen LogP contribution >= 0.6 is 0 Å². The largest absolute Gasteiger partial charge is 0.372 e. The average Bonchev–Trinajstić information content (AvgIpc) is 2.45. The molecule has 0 spiro atoms. The van der Waals surface area contributed by atoms with Gasteiger partial charge < -0.3 is 11.1 Å². The molecule has 1 heterocycles. The Morgan fingerprint density at radius 3 is 2.62 bits per heavy atom. The highest BCUT2D eigenvalue weighted by molar-refractivity contribution is 5.93. The molecule has 0 amide bonds. The molecule has 3 aromatic rings. The molecule has 5 heteroatoms. The fraction of sp³-hybridized carbons (Fsp3) is 0.125. The topological polar surface area (TPSA) is 63.8 Å². The van der Waals surface area contributed by atoms with Gasteiger partial charge in [-0.2, -0.15) is 4.98 Å². The molecule has 2 aromatic carbocycles. The first-order valence-electron chi connectivity index (χ1n) is 6.60. The van der Waals surface area contributed by atoms with Crippen LogP contribution in [0.3, 0.4) is 0 Å². The van der Waals surface area contributed by atoms with E-state index in [2.05, 4.69) is 15.3 Å². The van der Waals surface area contributed by atoms with Crippen molar-refractivity contribution in [3.8, 4) is 11.1 Å². The SMILES string of the molecule is CNc1nc(N)nc2cc(-c3ccc(F)cc3C)ccc12. The first-order valence-corrected chi connectivity index (χ1v) is 6.60. The van der Waals surface area contributed by atoms with Crippen molar-refractivity contribution in [3.05, 3.63) is 47.8 Å². The lowest BCUT2D eigenvalue weighted by Crippen LogP contribution is -2.01. The van der Waals surface area contributed by atoms with E-state index in [9.17, 15) is 4.39 Å². The van der Waals surface area contributed by atoms with Gasteiger partial charge >= 0.3 is 0 Å². The Bertz CT molecular complexity index is 830. The quantitative estimate of drug-likeness (QED) is 0.756. The van der Waals surface area contributed by atoms with Crippen LogP contribution in [0.1, 0.15) is 5.56 Å². The van der Waals surface area contributed by atoms with E-state index >= 15 is 0 Å². The Balaban J connectivity index is 2.21. The number of nitrogen functional groups attached to an aromatic ring is 1. The summed E-state index contributed by atoms with van der Waals surface area (Å²) in [6, 6.07) is 10.6. The summed E-state index contributed by atoms with van der Waals surface area (Å²) in [5, 5.41) is 3.91. The number of nitrogens with one attached hydrogen (secondary N) is 1. The lowest BCUT2D eigenvalue weighted by molar-refractivity contribution is 0.627. The third kappa shape index (κ3) is 2.38. The van der Waals surface area contributed by atoms with Crippen molar-refractivity contribution in [2.45, 2.75) is 6.92 Å². The van der Waals surface area contributed by atoms with Gasteiger partial charge in [0.1, 0.15) is 11.6 Å². The Kier molecular flexibility index (Phi) is 3.17. The second kappa shape index (κ2) is 5.01. The van der Waals surface area contributed by atoms with E-state index in [4.69, 9.17) is 5.73 Å². The lowest BCUT2D eigenvalue weighted by Gasteiger charge is -2.10. The van der Waals surface area contributed by atoms with Crippen molar-refractivity contribution in [2.24, 2.45) is 0 Å². The minimum absolute atomic E-state index is 0.222. The van der Waals surface area contributed by atoms with Crippen LogP contribution < -0.4 is 11.1 Å². The van der Waals surface area contributed by atoms with Crippen molar-refractivity contribution in [1.29, 1.82) is 0 Å². The molecule has 4 nitrogen and oxygen atoms in total. The predicted octanol–water partition coefficient (Wildman–Crippen LogP) is 3.37. The fourth-order valence-corrected chi connectivity index (χ4v) is 2.46. The van der Waals surface area contributed by atoms with E-state index in [0.29, 0.717) is 5.82 Å². The number of hydrogen-bond donors (Lipinski definition) is 2. The average molecular weight is 282 g/mol. The Morgan fingerprint density at radius 2 is 1.90 bits per heavy atom. The van der Waals surface area contributed by atoms with Crippen LogP contribution in [0.15, 0.2) is 36.4 Å². The van der Waals surface area contributed by atoms with E-state index < -0.39 is 0 Å². The molecule has 1 aromatic heterocycles. The highest BCUT2D eigenvalue weighted by Crippen LogP contribution is 2.29. The molecule has 0 fully saturated rings. The lowest BCUT2D eigenvalue weighted by atomic mass is 9.99. The van der Waals surface area contributed by atoms with E-state index in [1.807, 2.05) is 25.1 Å². The number of nitrogens with two attached hydrogens (primary N) is 1. The molecule has 0 atom stereocenters. The summed E-state index contributed by atoms with van der Waals surface area (Å²) in [5.41, 5.74) is 9.31.